The van der Waals surface area contributed by atoms with Gasteiger partial charge in [0, 0.05) is 13.0 Å². The minimum atomic E-state index is -0.846. The highest BCUT2D eigenvalue weighted by atomic mass is 16.5. The van der Waals surface area contributed by atoms with Crippen molar-refractivity contribution in [3.63, 3.8) is 0 Å². The van der Waals surface area contributed by atoms with Crippen molar-refractivity contribution in [2.75, 3.05) is 6.54 Å². The van der Waals surface area contributed by atoms with Crippen LogP contribution in [0.25, 0.3) is 0 Å². The largest absolute Gasteiger partial charge is 0.481 e. The maximum Gasteiger partial charge on any atom is 0.303 e. The molecule has 0 fully saturated rings. The summed E-state index contributed by atoms with van der Waals surface area (Å²) in [4.78, 5) is 22.6. The Kier molecular flexibility index (Phi) is 5.54. The standard InChI is InChI=1S/C13H20N2O4/c1-8(2)4-10(5-12(16)17)6-14-13(18)11-7-15-19-9(11)3/h7-8,10H,4-6H2,1-3H3,(H,14,18)(H,16,17). The monoisotopic (exact) mass is 268 g/mol. The number of rotatable bonds is 7. The minimum Gasteiger partial charge on any atom is -0.481 e. The SMILES string of the molecule is Cc1oncc1C(=O)NCC(CC(=O)O)CC(C)C. The van der Waals surface area contributed by atoms with E-state index >= 15 is 0 Å². The number of hydrogen-bond donors (Lipinski definition) is 2. The van der Waals surface area contributed by atoms with Gasteiger partial charge in [-0.05, 0) is 25.2 Å². The van der Waals surface area contributed by atoms with Crippen LogP contribution in [0, 0.1) is 18.8 Å². The second-order valence-corrected chi connectivity index (χ2v) is 5.10. The molecule has 0 spiro atoms. The zero-order valence-electron chi connectivity index (χ0n) is 11.5. The van der Waals surface area contributed by atoms with Crippen molar-refractivity contribution in [1.29, 1.82) is 0 Å². The van der Waals surface area contributed by atoms with E-state index in [1.165, 1.54) is 6.20 Å². The molecule has 0 aliphatic carbocycles. The number of aromatic nitrogens is 1. The number of carboxylic acid groups (broad SMARTS) is 1. The molecule has 1 atom stereocenters. The molecule has 2 N–H and O–H groups in total. The van der Waals surface area contributed by atoms with Gasteiger partial charge in [-0.25, -0.2) is 0 Å². The summed E-state index contributed by atoms with van der Waals surface area (Å²) in [6, 6.07) is 0. The molecule has 1 heterocycles. The molecular formula is C13H20N2O4. The molecule has 1 unspecified atom stereocenters. The molecule has 1 amide bonds. The average Bonchev–Trinajstić information content (AvgIpc) is 2.70. The molecule has 0 saturated heterocycles. The molecule has 1 aromatic rings. The van der Waals surface area contributed by atoms with Gasteiger partial charge in [0.25, 0.3) is 5.91 Å². The predicted octanol–water partition coefficient (Wildman–Crippen LogP) is 1.85. The van der Waals surface area contributed by atoms with Gasteiger partial charge in [-0.15, -0.1) is 0 Å². The fraction of sp³-hybridized carbons (Fsp3) is 0.615. The van der Waals surface area contributed by atoms with E-state index in [9.17, 15) is 9.59 Å². The van der Waals surface area contributed by atoms with E-state index < -0.39 is 5.97 Å². The van der Waals surface area contributed by atoms with Gasteiger partial charge in [0.15, 0.2) is 0 Å². The molecule has 6 heteroatoms. The van der Waals surface area contributed by atoms with Crippen LogP contribution in [0.3, 0.4) is 0 Å². The Morgan fingerprint density at radius 3 is 2.63 bits per heavy atom. The molecule has 0 aliphatic rings. The number of aliphatic carboxylic acids is 1. The number of carboxylic acids is 1. The summed E-state index contributed by atoms with van der Waals surface area (Å²) in [7, 11) is 0. The van der Waals surface area contributed by atoms with Crippen LogP contribution in [-0.2, 0) is 4.79 Å². The summed E-state index contributed by atoms with van der Waals surface area (Å²) >= 11 is 0. The quantitative estimate of drug-likeness (QED) is 0.787. The highest BCUT2D eigenvalue weighted by molar-refractivity contribution is 5.94. The van der Waals surface area contributed by atoms with Crippen LogP contribution >= 0.6 is 0 Å². The van der Waals surface area contributed by atoms with Gasteiger partial charge in [0.2, 0.25) is 0 Å². The Morgan fingerprint density at radius 1 is 1.47 bits per heavy atom. The Bertz CT molecular complexity index is 440. The van der Waals surface area contributed by atoms with Crippen LogP contribution in [0.5, 0.6) is 0 Å². The summed E-state index contributed by atoms with van der Waals surface area (Å²) in [6.07, 6.45) is 2.18. The molecule has 0 radical (unpaired) electrons. The number of carbonyl (C=O) groups excluding carboxylic acids is 1. The van der Waals surface area contributed by atoms with Crippen molar-refractivity contribution >= 4 is 11.9 Å². The van der Waals surface area contributed by atoms with Crippen LogP contribution in [0.4, 0.5) is 0 Å². The van der Waals surface area contributed by atoms with E-state index in [1.54, 1.807) is 6.92 Å². The van der Waals surface area contributed by atoms with Gasteiger partial charge in [0.05, 0.1) is 6.20 Å². The topological polar surface area (TPSA) is 92.4 Å². The molecule has 1 aromatic heterocycles. The molecular weight excluding hydrogens is 248 g/mol. The van der Waals surface area contributed by atoms with Gasteiger partial charge in [-0.2, -0.15) is 0 Å². The van der Waals surface area contributed by atoms with Crippen molar-refractivity contribution in [2.24, 2.45) is 11.8 Å². The summed E-state index contributed by atoms with van der Waals surface area (Å²) in [6.45, 7) is 6.06. The van der Waals surface area contributed by atoms with Crippen LogP contribution in [0.2, 0.25) is 0 Å². The van der Waals surface area contributed by atoms with Crippen molar-refractivity contribution in [2.45, 2.75) is 33.6 Å². The smallest absolute Gasteiger partial charge is 0.303 e. The van der Waals surface area contributed by atoms with E-state index in [2.05, 4.69) is 10.5 Å². The number of hydrogen-bond acceptors (Lipinski definition) is 4. The summed E-state index contributed by atoms with van der Waals surface area (Å²) in [5, 5.41) is 15.1. The predicted molar refractivity (Wildman–Crippen MR) is 68.8 cm³/mol. The van der Waals surface area contributed by atoms with E-state index in [0.717, 1.165) is 6.42 Å². The fourth-order valence-electron chi connectivity index (χ4n) is 2.00. The summed E-state index contributed by atoms with van der Waals surface area (Å²) in [5.74, 6) is -0.352. The lowest BCUT2D eigenvalue weighted by atomic mass is 9.94. The van der Waals surface area contributed by atoms with E-state index in [-0.39, 0.29) is 18.2 Å². The Hall–Kier alpha value is -1.85. The highest BCUT2D eigenvalue weighted by Gasteiger charge is 2.18. The number of nitrogens with one attached hydrogen (secondary N) is 1. The van der Waals surface area contributed by atoms with Gasteiger partial charge in [-0.3, -0.25) is 9.59 Å². The first-order valence-corrected chi connectivity index (χ1v) is 6.31. The van der Waals surface area contributed by atoms with E-state index in [1.807, 2.05) is 13.8 Å². The zero-order chi connectivity index (χ0) is 14.4. The molecule has 106 valence electrons. The second kappa shape index (κ2) is 6.92. The van der Waals surface area contributed by atoms with Crippen LogP contribution in [-0.4, -0.2) is 28.7 Å². The number of nitrogens with zero attached hydrogens (tertiary/aromatic N) is 1. The lowest BCUT2D eigenvalue weighted by Crippen LogP contribution is -2.31. The molecule has 0 saturated carbocycles. The zero-order valence-corrected chi connectivity index (χ0v) is 11.5. The Morgan fingerprint density at radius 2 is 2.16 bits per heavy atom. The molecule has 6 nitrogen and oxygen atoms in total. The maximum atomic E-state index is 11.8. The third kappa shape index (κ3) is 5.11. The van der Waals surface area contributed by atoms with E-state index in [4.69, 9.17) is 9.63 Å². The lowest BCUT2D eigenvalue weighted by Gasteiger charge is -2.17. The summed E-state index contributed by atoms with van der Waals surface area (Å²) < 4.78 is 4.82. The van der Waals surface area contributed by atoms with Gasteiger partial charge in [0.1, 0.15) is 11.3 Å². The number of carbonyl (C=O) groups is 2. The average molecular weight is 268 g/mol. The number of amides is 1. The first kappa shape index (κ1) is 15.2. The normalized spacial score (nSPS) is 12.4. The number of aryl methyl sites for hydroxylation is 1. The Labute approximate surface area is 112 Å². The molecule has 0 aliphatic heterocycles. The van der Waals surface area contributed by atoms with Crippen LogP contribution in [0.1, 0.15) is 42.8 Å². The van der Waals surface area contributed by atoms with Crippen LogP contribution in [0.15, 0.2) is 10.7 Å². The van der Waals surface area contributed by atoms with Crippen molar-refractivity contribution in [1.82, 2.24) is 10.5 Å². The molecule has 19 heavy (non-hydrogen) atoms. The lowest BCUT2D eigenvalue weighted by molar-refractivity contribution is -0.138. The first-order chi connectivity index (χ1) is 8.90. The fourth-order valence-corrected chi connectivity index (χ4v) is 2.00. The molecule has 1 rings (SSSR count). The molecule has 0 bridgehead atoms. The Balaban J connectivity index is 2.53. The van der Waals surface area contributed by atoms with Gasteiger partial charge < -0.3 is 14.9 Å². The second-order valence-electron chi connectivity index (χ2n) is 5.10. The summed E-state index contributed by atoms with van der Waals surface area (Å²) in [5.41, 5.74) is 0.388. The van der Waals surface area contributed by atoms with Gasteiger partial charge >= 0.3 is 5.97 Å². The third-order valence-corrected chi connectivity index (χ3v) is 2.81. The highest BCUT2D eigenvalue weighted by Crippen LogP contribution is 2.15. The first-order valence-electron chi connectivity index (χ1n) is 6.31. The maximum absolute atomic E-state index is 11.8. The van der Waals surface area contributed by atoms with Crippen molar-refractivity contribution < 1.29 is 19.2 Å². The van der Waals surface area contributed by atoms with Crippen molar-refractivity contribution in [3.8, 4) is 0 Å². The van der Waals surface area contributed by atoms with Crippen molar-refractivity contribution in [3.05, 3.63) is 17.5 Å². The van der Waals surface area contributed by atoms with E-state index in [0.29, 0.717) is 23.8 Å². The third-order valence-electron chi connectivity index (χ3n) is 2.81. The minimum absolute atomic E-state index is 0.0566. The molecule has 0 aromatic carbocycles. The van der Waals surface area contributed by atoms with Crippen LogP contribution < -0.4 is 5.32 Å². The van der Waals surface area contributed by atoms with Gasteiger partial charge in [-0.1, -0.05) is 19.0 Å².